The van der Waals surface area contributed by atoms with E-state index in [4.69, 9.17) is 14.3 Å². The molecule has 0 aliphatic rings. The summed E-state index contributed by atoms with van der Waals surface area (Å²) in [6.07, 6.45) is 1.45. The van der Waals surface area contributed by atoms with Crippen molar-refractivity contribution in [2.75, 3.05) is 25.6 Å². The number of hydrogen-bond acceptors (Lipinski definition) is 6. The molecule has 2 rings (SSSR count). The molecule has 150 valence electrons. The van der Waals surface area contributed by atoms with Crippen molar-refractivity contribution in [1.82, 2.24) is 0 Å². The maximum absolute atomic E-state index is 12.3. The first-order valence-electron chi connectivity index (χ1n) is 8.32. The zero-order chi connectivity index (χ0) is 20.4. The van der Waals surface area contributed by atoms with Crippen molar-refractivity contribution >= 4 is 29.6 Å². The van der Waals surface area contributed by atoms with Crippen LogP contribution in [0.5, 0.6) is 11.5 Å². The molecule has 0 aromatic heterocycles. The van der Waals surface area contributed by atoms with Crippen LogP contribution in [0.15, 0.2) is 52.5 Å². The van der Waals surface area contributed by atoms with Gasteiger partial charge in [-0.2, -0.15) is 8.78 Å². The van der Waals surface area contributed by atoms with Crippen LogP contribution < -0.4 is 14.8 Å². The number of nitrogens with one attached hydrogen (secondary N) is 1. The number of nitrogens with zero attached hydrogens (tertiary/aromatic N) is 1. The first-order valence-corrected chi connectivity index (χ1v) is 9.20. The van der Waals surface area contributed by atoms with Crippen molar-refractivity contribution in [3.8, 4) is 11.5 Å². The summed E-state index contributed by atoms with van der Waals surface area (Å²) in [5, 5.41) is 6.34. The second-order valence-electron chi connectivity index (χ2n) is 5.30. The topological polar surface area (TPSA) is 69.2 Å². The molecule has 9 heteroatoms. The first kappa shape index (κ1) is 21.5. The van der Waals surface area contributed by atoms with Crippen LogP contribution in [0.4, 0.5) is 14.5 Å². The molecule has 0 saturated carbocycles. The monoisotopic (exact) mass is 410 g/mol. The van der Waals surface area contributed by atoms with E-state index in [1.807, 2.05) is 6.92 Å². The molecule has 0 bridgehead atoms. The van der Waals surface area contributed by atoms with Crippen LogP contribution in [0.25, 0.3) is 0 Å². The normalized spacial score (nSPS) is 10.9. The Morgan fingerprint density at radius 3 is 2.61 bits per heavy atom. The second kappa shape index (κ2) is 11.1. The van der Waals surface area contributed by atoms with E-state index in [-0.39, 0.29) is 6.61 Å². The van der Waals surface area contributed by atoms with Crippen LogP contribution in [0, 0.1) is 0 Å². The van der Waals surface area contributed by atoms with E-state index in [2.05, 4.69) is 10.5 Å². The Morgan fingerprint density at radius 2 is 1.96 bits per heavy atom. The van der Waals surface area contributed by atoms with Gasteiger partial charge in [-0.15, -0.1) is 0 Å². The number of hydrogen-bond donors (Lipinski definition) is 1. The lowest BCUT2D eigenvalue weighted by molar-refractivity contribution is -0.120. The standard InChI is InChI=1S/C19H20F2N2O4S/c1-3-26-16-9-4-13(10-17(16)25-2)11-22-27-12-18(24)23-14-5-7-15(8-6-14)28-19(20)21/h4-11,19H,3,12H2,1-2H3,(H,23,24)/b22-11-. The SMILES string of the molecule is CCOc1ccc(/C=N\OCC(=O)Nc2ccc(SC(F)F)cc2)cc1OC. The van der Waals surface area contributed by atoms with Crippen LogP contribution in [0.3, 0.4) is 0 Å². The third-order valence-corrected chi connectivity index (χ3v) is 4.05. The largest absolute Gasteiger partial charge is 0.493 e. The molecule has 28 heavy (non-hydrogen) atoms. The third kappa shape index (κ3) is 7.07. The molecule has 2 aromatic rings. The van der Waals surface area contributed by atoms with Gasteiger partial charge in [0.25, 0.3) is 11.7 Å². The van der Waals surface area contributed by atoms with Gasteiger partial charge >= 0.3 is 0 Å². The third-order valence-electron chi connectivity index (χ3n) is 3.32. The summed E-state index contributed by atoms with van der Waals surface area (Å²) < 4.78 is 35.2. The maximum Gasteiger partial charge on any atom is 0.288 e. The van der Waals surface area contributed by atoms with Crippen LogP contribution in [0.1, 0.15) is 12.5 Å². The van der Waals surface area contributed by atoms with Crippen LogP contribution in [-0.4, -0.2) is 38.2 Å². The highest BCUT2D eigenvalue weighted by atomic mass is 32.2. The summed E-state index contributed by atoms with van der Waals surface area (Å²) in [7, 11) is 1.54. The van der Waals surface area contributed by atoms with Gasteiger partial charge < -0.3 is 19.6 Å². The van der Waals surface area contributed by atoms with E-state index in [0.29, 0.717) is 46.0 Å². The fraction of sp³-hybridized carbons (Fsp3) is 0.263. The van der Waals surface area contributed by atoms with Crippen molar-refractivity contribution in [2.24, 2.45) is 5.16 Å². The lowest BCUT2D eigenvalue weighted by Crippen LogP contribution is -2.16. The molecule has 0 heterocycles. The summed E-state index contributed by atoms with van der Waals surface area (Å²) in [6, 6.07) is 11.4. The van der Waals surface area contributed by atoms with Crippen LogP contribution in [0.2, 0.25) is 0 Å². The minimum atomic E-state index is -2.48. The molecule has 2 aromatic carbocycles. The van der Waals surface area contributed by atoms with Gasteiger partial charge in [-0.3, -0.25) is 4.79 Å². The molecule has 1 N–H and O–H groups in total. The number of rotatable bonds is 10. The van der Waals surface area contributed by atoms with Gasteiger partial charge in [-0.05, 0) is 49.4 Å². The summed E-state index contributed by atoms with van der Waals surface area (Å²) in [6.45, 7) is 2.11. The number of anilines is 1. The summed E-state index contributed by atoms with van der Waals surface area (Å²) in [5.41, 5.74) is 1.19. The van der Waals surface area contributed by atoms with Gasteiger partial charge in [-0.25, -0.2) is 0 Å². The van der Waals surface area contributed by atoms with E-state index in [9.17, 15) is 13.6 Å². The number of amides is 1. The Labute approximate surface area is 165 Å². The molecule has 0 aliphatic carbocycles. The Kier molecular flexibility index (Phi) is 8.54. The maximum atomic E-state index is 12.3. The number of benzene rings is 2. The van der Waals surface area contributed by atoms with Gasteiger partial charge in [0.15, 0.2) is 18.1 Å². The van der Waals surface area contributed by atoms with E-state index in [1.165, 1.54) is 30.5 Å². The number of methoxy groups -OCH3 is 1. The summed E-state index contributed by atoms with van der Waals surface area (Å²) >= 11 is 0.440. The first-order chi connectivity index (χ1) is 13.5. The molecular formula is C19H20F2N2O4S. The molecule has 0 radical (unpaired) electrons. The predicted octanol–water partition coefficient (Wildman–Crippen LogP) is 4.40. The van der Waals surface area contributed by atoms with E-state index >= 15 is 0 Å². The molecule has 6 nitrogen and oxygen atoms in total. The molecule has 0 saturated heterocycles. The number of thioether (sulfide) groups is 1. The zero-order valence-corrected chi connectivity index (χ0v) is 16.2. The van der Waals surface area contributed by atoms with Gasteiger partial charge in [-0.1, -0.05) is 16.9 Å². The number of alkyl halides is 2. The molecule has 0 aliphatic heterocycles. The fourth-order valence-corrected chi connectivity index (χ4v) is 2.65. The average molecular weight is 410 g/mol. The molecule has 0 unspecified atom stereocenters. The lowest BCUT2D eigenvalue weighted by atomic mass is 10.2. The van der Waals surface area contributed by atoms with Crippen molar-refractivity contribution < 1.29 is 27.9 Å². The van der Waals surface area contributed by atoms with E-state index < -0.39 is 11.7 Å². The quantitative estimate of drug-likeness (QED) is 0.357. The number of ether oxygens (including phenoxy) is 2. The molecule has 0 fully saturated rings. The molecule has 1 amide bonds. The average Bonchev–Trinajstić information content (AvgIpc) is 2.67. The minimum Gasteiger partial charge on any atom is -0.493 e. The Morgan fingerprint density at radius 1 is 1.21 bits per heavy atom. The fourth-order valence-electron chi connectivity index (χ4n) is 2.15. The van der Waals surface area contributed by atoms with Crippen molar-refractivity contribution in [3.05, 3.63) is 48.0 Å². The van der Waals surface area contributed by atoms with Crippen LogP contribution in [-0.2, 0) is 9.63 Å². The molecular weight excluding hydrogens is 390 g/mol. The Bertz CT molecular complexity index is 801. The predicted molar refractivity (Wildman–Crippen MR) is 105 cm³/mol. The lowest BCUT2D eigenvalue weighted by Gasteiger charge is -2.09. The summed E-state index contributed by atoms with van der Waals surface area (Å²) in [5.74, 6) is -1.71. The van der Waals surface area contributed by atoms with Gasteiger partial charge in [0.1, 0.15) is 0 Å². The van der Waals surface area contributed by atoms with Crippen LogP contribution >= 0.6 is 11.8 Å². The van der Waals surface area contributed by atoms with Crippen molar-refractivity contribution in [3.63, 3.8) is 0 Å². The number of carbonyl (C=O) groups is 1. The second-order valence-corrected chi connectivity index (χ2v) is 6.37. The molecule has 0 spiro atoms. The number of carbonyl (C=O) groups excluding carboxylic acids is 1. The number of oxime groups is 1. The highest BCUT2D eigenvalue weighted by Crippen LogP contribution is 2.27. The summed E-state index contributed by atoms with van der Waals surface area (Å²) in [4.78, 5) is 17.2. The molecule has 0 atom stereocenters. The van der Waals surface area contributed by atoms with Gasteiger partial charge in [0, 0.05) is 16.1 Å². The minimum absolute atomic E-state index is 0.293. The van der Waals surface area contributed by atoms with Gasteiger partial charge in [0.05, 0.1) is 19.9 Å². The Hall–Kier alpha value is -2.81. The number of halogens is 2. The van der Waals surface area contributed by atoms with Crippen molar-refractivity contribution in [1.29, 1.82) is 0 Å². The van der Waals surface area contributed by atoms with E-state index in [1.54, 1.807) is 25.3 Å². The smallest absolute Gasteiger partial charge is 0.288 e. The van der Waals surface area contributed by atoms with Gasteiger partial charge in [0.2, 0.25) is 0 Å². The van der Waals surface area contributed by atoms with E-state index in [0.717, 1.165) is 0 Å². The highest BCUT2D eigenvalue weighted by Gasteiger charge is 2.07. The zero-order valence-electron chi connectivity index (χ0n) is 15.4. The Balaban J connectivity index is 1.81. The van der Waals surface area contributed by atoms with Crippen molar-refractivity contribution in [2.45, 2.75) is 17.6 Å². The highest BCUT2D eigenvalue weighted by molar-refractivity contribution is 7.99.